The zero-order chi connectivity index (χ0) is 15.2. The van der Waals surface area contributed by atoms with Crippen molar-refractivity contribution in [1.82, 2.24) is 0 Å². The molecule has 0 fully saturated rings. The Balaban J connectivity index is 2.17. The largest absolute Gasteiger partial charge is 0.496 e. The van der Waals surface area contributed by atoms with E-state index in [-0.39, 0.29) is 23.6 Å². The molecule has 0 saturated heterocycles. The van der Waals surface area contributed by atoms with Crippen LogP contribution in [0.1, 0.15) is 15.9 Å². The molecule has 108 valence electrons. The third kappa shape index (κ3) is 3.56. The highest BCUT2D eigenvalue weighted by molar-refractivity contribution is 5.93. The van der Waals surface area contributed by atoms with Crippen LogP contribution in [0, 0.1) is 10.1 Å². The molecule has 0 radical (unpaired) electrons. The van der Waals surface area contributed by atoms with Gasteiger partial charge in [-0.15, -0.1) is 0 Å². The lowest BCUT2D eigenvalue weighted by Gasteiger charge is -2.08. The fourth-order valence-corrected chi connectivity index (χ4v) is 1.77. The number of esters is 1. The third-order valence-corrected chi connectivity index (χ3v) is 2.83. The minimum absolute atomic E-state index is 0.0302. The highest BCUT2D eigenvalue weighted by Gasteiger charge is 2.18. The lowest BCUT2D eigenvalue weighted by atomic mass is 10.2. The molecule has 2 aromatic rings. The molecule has 0 aliphatic carbocycles. The number of nitro groups is 1. The van der Waals surface area contributed by atoms with Crippen molar-refractivity contribution in [3.8, 4) is 5.75 Å². The van der Waals surface area contributed by atoms with Crippen LogP contribution in [0.15, 0.2) is 48.5 Å². The quantitative estimate of drug-likeness (QED) is 0.480. The number of rotatable bonds is 5. The molecule has 0 aliphatic rings. The van der Waals surface area contributed by atoms with Gasteiger partial charge in [-0.2, -0.15) is 0 Å². The summed E-state index contributed by atoms with van der Waals surface area (Å²) >= 11 is 0. The maximum Gasteiger partial charge on any atom is 0.342 e. The van der Waals surface area contributed by atoms with Gasteiger partial charge >= 0.3 is 5.97 Å². The van der Waals surface area contributed by atoms with Gasteiger partial charge in [-0.1, -0.05) is 30.3 Å². The van der Waals surface area contributed by atoms with Gasteiger partial charge in [0.25, 0.3) is 5.69 Å². The molecule has 0 amide bonds. The average Bonchev–Trinajstić information content (AvgIpc) is 2.52. The Kier molecular flexibility index (Phi) is 4.50. The molecular weight excluding hydrogens is 274 g/mol. The number of non-ortho nitro benzene ring substituents is 1. The minimum atomic E-state index is -0.667. The molecule has 6 heteroatoms. The molecule has 2 rings (SSSR count). The Labute approximate surface area is 121 Å². The Morgan fingerprint density at radius 3 is 2.52 bits per heavy atom. The highest BCUT2D eigenvalue weighted by atomic mass is 16.6. The fraction of sp³-hybridized carbons (Fsp3) is 0.133. The van der Waals surface area contributed by atoms with Gasteiger partial charge in [-0.05, 0) is 11.6 Å². The van der Waals surface area contributed by atoms with Crippen LogP contribution in [-0.2, 0) is 11.3 Å². The number of nitro benzene ring substituents is 1. The average molecular weight is 287 g/mol. The van der Waals surface area contributed by atoms with Crippen LogP contribution in [0.2, 0.25) is 0 Å². The molecule has 0 N–H and O–H groups in total. The van der Waals surface area contributed by atoms with E-state index < -0.39 is 10.9 Å². The Morgan fingerprint density at radius 1 is 1.19 bits per heavy atom. The van der Waals surface area contributed by atoms with Crippen molar-refractivity contribution in [3.05, 3.63) is 69.8 Å². The van der Waals surface area contributed by atoms with Gasteiger partial charge in [-0.3, -0.25) is 10.1 Å². The van der Waals surface area contributed by atoms with E-state index in [4.69, 9.17) is 9.47 Å². The second-order valence-corrected chi connectivity index (χ2v) is 4.20. The predicted molar refractivity (Wildman–Crippen MR) is 75.2 cm³/mol. The molecular formula is C15H13NO5. The summed E-state index contributed by atoms with van der Waals surface area (Å²) in [6.07, 6.45) is 0. The van der Waals surface area contributed by atoms with Crippen LogP contribution in [0.4, 0.5) is 5.69 Å². The van der Waals surface area contributed by atoms with Gasteiger partial charge in [0.15, 0.2) is 0 Å². The monoisotopic (exact) mass is 287 g/mol. The number of ether oxygens (including phenoxy) is 2. The molecule has 0 saturated carbocycles. The first-order valence-electron chi connectivity index (χ1n) is 6.15. The summed E-state index contributed by atoms with van der Waals surface area (Å²) in [6, 6.07) is 12.9. The SMILES string of the molecule is COc1ccc([N+](=O)[O-])cc1C(=O)OCc1ccccc1. The molecule has 6 nitrogen and oxygen atoms in total. The van der Waals surface area contributed by atoms with Crippen molar-refractivity contribution >= 4 is 11.7 Å². The normalized spacial score (nSPS) is 9.95. The lowest BCUT2D eigenvalue weighted by molar-refractivity contribution is -0.384. The number of nitrogens with zero attached hydrogens (tertiary/aromatic N) is 1. The summed E-state index contributed by atoms with van der Waals surface area (Å²) < 4.78 is 10.2. The van der Waals surface area contributed by atoms with Crippen molar-refractivity contribution < 1.29 is 19.2 Å². The number of carbonyl (C=O) groups excluding carboxylic acids is 1. The maximum absolute atomic E-state index is 12.0. The standard InChI is InChI=1S/C15H13NO5/c1-20-14-8-7-12(16(18)19)9-13(14)15(17)21-10-11-5-3-2-4-6-11/h2-9H,10H2,1H3. The van der Waals surface area contributed by atoms with E-state index in [1.807, 2.05) is 30.3 Å². The zero-order valence-electron chi connectivity index (χ0n) is 11.3. The summed E-state index contributed by atoms with van der Waals surface area (Å²) in [5.74, 6) is -0.432. The molecule has 0 heterocycles. The van der Waals surface area contributed by atoms with Crippen molar-refractivity contribution in [2.24, 2.45) is 0 Å². The summed E-state index contributed by atoms with van der Waals surface area (Å²) in [6.45, 7) is 0.0888. The molecule has 2 aromatic carbocycles. The predicted octanol–water partition coefficient (Wildman–Crippen LogP) is 2.96. The van der Waals surface area contributed by atoms with Crippen LogP contribution in [0.5, 0.6) is 5.75 Å². The van der Waals surface area contributed by atoms with Crippen LogP contribution in [-0.4, -0.2) is 18.0 Å². The zero-order valence-corrected chi connectivity index (χ0v) is 11.3. The van der Waals surface area contributed by atoms with E-state index in [1.165, 1.54) is 19.2 Å². The van der Waals surface area contributed by atoms with Gasteiger partial charge in [0.05, 0.1) is 12.0 Å². The van der Waals surface area contributed by atoms with E-state index in [0.29, 0.717) is 0 Å². The molecule has 0 atom stereocenters. The molecule has 21 heavy (non-hydrogen) atoms. The number of carbonyl (C=O) groups is 1. The molecule has 0 aromatic heterocycles. The first-order chi connectivity index (χ1) is 10.1. The van der Waals surface area contributed by atoms with Crippen LogP contribution < -0.4 is 4.74 Å². The Morgan fingerprint density at radius 2 is 1.90 bits per heavy atom. The minimum Gasteiger partial charge on any atom is -0.496 e. The summed E-state index contributed by atoms with van der Waals surface area (Å²) in [7, 11) is 1.38. The number of benzene rings is 2. The molecule has 0 spiro atoms. The first kappa shape index (κ1) is 14.5. The highest BCUT2D eigenvalue weighted by Crippen LogP contribution is 2.25. The van der Waals surface area contributed by atoms with E-state index in [2.05, 4.69) is 0 Å². The summed E-state index contributed by atoms with van der Waals surface area (Å²) in [5.41, 5.74) is 0.667. The second-order valence-electron chi connectivity index (χ2n) is 4.20. The van der Waals surface area contributed by atoms with Gasteiger partial charge in [0.1, 0.15) is 17.9 Å². The van der Waals surface area contributed by atoms with Crippen molar-refractivity contribution in [3.63, 3.8) is 0 Å². The van der Waals surface area contributed by atoms with E-state index in [9.17, 15) is 14.9 Å². The third-order valence-electron chi connectivity index (χ3n) is 2.83. The van der Waals surface area contributed by atoms with E-state index >= 15 is 0 Å². The number of methoxy groups -OCH3 is 1. The van der Waals surface area contributed by atoms with E-state index in [1.54, 1.807) is 0 Å². The Hall–Kier alpha value is -2.89. The van der Waals surface area contributed by atoms with Crippen molar-refractivity contribution in [1.29, 1.82) is 0 Å². The van der Waals surface area contributed by atoms with Crippen molar-refractivity contribution in [2.75, 3.05) is 7.11 Å². The van der Waals surface area contributed by atoms with Crippen LogP contribution in [0.25, 0.3) is 0 Å². The van der Waals surface area contributed by atoms with Crippen LogP contribution >= 0.6 is 0 Å². The van der Waals surface area contributed by atoms with Gasteiger partial charge < -0.3 is 9.47 Å². The maximum atomic E-state index is 12.0. The second kappa shape index (κ2) is 6.51. The lowest BCUT2D eigenvalue weighted by Crippen LogP contribution is -2.08. The molecule has 0 bridgehead atoms. The van der Waals surface area contributed by atoms with Gasteiger partial charge in [-0.25, -0.2) is 4.79 Å². The van der Waals surface area contributed by atoms with Gasteiger partial charge in [0, 0.05) is 12.1 Å². The molecule has 0 unspecified atom stereocenters. The number of hydrogen-bond acceptors (Lipinski definition) is 5. The smallest absolute Gasteiger partial charge is 0.342 e. The number of hydrogen-bond donors (Lipinski definition) is 0. The Bertz CT molecular complexity index is 654. The van der Waals surface area contributed by atoms with Crippen LogP contribution in [0.3, 0.4) is 0 Å². The van der Waals surface area contributed by atoms with E-state index in [0.717, 1.165) is 11.6 Å². The summed E-state index contributed by atoms with van der Waals surface area (Å²) in [4.78, 5) is 22.2. The molecule has 0 aliphatic heterocycles. The van der Waals surface area contributed by atoms with Gasteiger partial charge in [0.2, 0.25) is 0 Å². The van der Waals surface area contributed by atoms with Crippen molar-refractivity contribution in [2.45, 2.75) is 6.61 Å². The fourth-order valence-electron chi connectivity index (χ4n) is 1.77. The first-order valence-corrected chi connectivity index (χ1v) is 6.15. The topological polar surface area (TPSA) is 78.7 Å². The summed E-state index contributed by atoms with van der Waals surface area (Å²) in [5, 5.41) is 10.8.